The number of nitrogens with zero attached hydrogens (tertiary/aromatic N) is 4. The van der Waals surface area contributed by atoms with E-state index in [0.717, 1.165) is 63.9 Å². The Morgan fingerprint density at radius 1 is 1.12 bits per heavy atom. The zero-order valence-corrected chi connectivity index (χ0v) is 19.6. The summed E-state index contributed by atoms with van der Waals surface area (Å²) in [6.07, 6.45) is 4.57. The largest absolute Gasteiger partial charge is 0.373 e. The Morgan fingerprint density at radius 2 is 1.97 bits per heavy atom. The number of benzene rings is 1. The highest BCUT2D eigenvalue weighted by Gasteiger charge is 2.29. The van der Waals surface area contributed by atoms with Crippen molar-refractivity contribution in [3.05, 3.63) is 59.4 Å². The van der Waals surface area contributed by atoms with Crippen LogP contribution < -0.4 is 16.0 Å². The van der Waals surface area contributed by atoms with Crippen LogP contribution in [0, 0.1) is 6.92 Å². The molecule has 1 aliphatic carbocycles. The lowest BCUT2D eigenvalue weighted by atomic mass is 10.0. The predicted octanol–water partition coefficient (Wildman–Crippen LogP) is 4.65. The molecule has 33 heavy (non-hydrogen) atoms. The molecule has 0 radical (unpaired) electrons. The third-order valence-electron chi connectivity index (χ3n) is 5.82. The first-order valence-corrected chi connectivity index (χ1v) is 11.7. The lowest BCUT2D eigenvalue weighted by Crippen LogP contribution is -2.24. The third kappa shape index (κ3) is 3.84. The number of pyridine rings is 1. The van der Waals surface area contributed by atoms with Crippen LogP contribution in [0.1, 0.15) is 23.2 Å². The minimum atomic E-state index is -0.275. The molecule has 2 amide bonds. The Balaban J connectivity index is 1.73. The summed E-state index contributed by atoms with van der Waals surface area (Å²) in [7, 11) is 3.45. The van der Waals surface area contributed by atoms with Gasteiger partial charge >= 0.3 is 6.03 Å². The van der Waals surface area contributed by atoms with Gasteiger partial charge in [-0.15, -0.1) is 0 Å². The molecule has 3 heterocycles. The number of carbonyl (C=O) groups is 1. The summed E-state index contributed by atoms with van der Waals surface area (Å²) in [6.45, 7) is 2.09. The first-order chi connectivity index (χ1) is 16.1. The van der Waals surface area contributed by atoms with E-state index in [1.807, 2.05) is 36.1 Å². The molecular formula is C24H25N7OS. The Hall–Kier alpha value is -3.72. The van der Waals surface area contributed by atoms with E-state index in [2.05, 4.69) is 46.1 Å². The Labute approximate surface area is 196 Å². The van der Waals surface area contributed by atoms with Gasteiger partial charge in [0.25, 0.3) is 0 Å². The van der Waals surface area contributed by atoms with Crippen LogP contribution in [-0.4, -0.2) is 39.9 Å². The zero-order chi connectivity index (χ0) is 22.9. The molecule has 3 aromatic heterocycles. The number of hydrogen-bond donors (Lipinski definition) is 3. The van der Waals surface area contributed by atoms with Crippen molar-refractivity contribution in [1.29, 1.82) is 0 Å². The van der Waals surface area contributed by atoms with Gasteiger partial charge in [-0.2, -0.15) is 5.10 Å². The second-order valence-electron chi connectivity index (χ2n) is 7.91. The molecule has 3 N–H and O–H groups in total. The average molecular weight is 460 g/mol. The number of hydrogen-bond acceptors (Lipinski definition) is 6. The van der Waals surface area contributed by atoms with Gasteiger partial charge in [-0.25, -0.2) is 19.4 Å². The van der Waals surface area contributed by atoms with Gasteiger partial charge in [0.1, 0.15) is 5.82 Å². The maximum atomic E-state index is 11.9. The second-order valence-corrected chi connectivity index (χ2v) is 8.91. The molecule has 0 atom stereocenters. The number of anilines is 2. The fraction of sp³-hybridized carbons (Fsp3) is 0.250. The Morgan fingerprint density at radius 3 is 2.70 bits per heavy atom. The second kappa shape index (κ2) is 8.67. The maximum Gasteiger partial charge on any atom is 0.320 e. The molecule has 0 fully saturated rings. The minimum absolute atomic E-state index is 0.275. The van der Waals surface area contributed by atoms with Gasteiger partial charge in [-0.1, -0.05) is 29.5 Å². The van der Waals surface area contributed by atoms with Crippen molar-refractivity contribution in [3.8, 4) is 27.5 Å². The van der Waals surface area contributed by atoms with E-state index >= 15 is 0 Å². The fourth-order valence-corrected chi connectivity index (χ4v) is 5.23. The first-order valence-electron chi connectivity index (χ1n) is 10.9. The van der Waals surface area contributed by atoms with Crippen LogP contribution in [0.2, 0.25) is 0 Å². The maximum absolute atomic E-state index is 11.9. The molecule has 0 saturated heterocycles. The highest BCUT2D eigenvalue weighted by molar-refractivity contribution is 7.19. The van der Waals surface area contributed by atoms with E-state index < -0.39 is 0 Å². The van der Waals surface area contributed by atoms with E-state index in [0.29, 0.717) is 5.13 Å². The summed E-state index contributed by atoms with van der Waals surface area (Å²) in [5, 5.41) is 14.2. The molecule has 168 valence electrons. The van der Waals surface area contributed by atoms with Crippen LogP contribution in [0.25, 0.3) is 27.5 Å². The van der Waals surface area contributed by atoms with Gasteiger partial charge in [-0.3, -0.25) is 5.32 Å². The number of thiazole rings is 1. The number of urea groups is 1. The smallest absolute Gasteiger partial charge is 0.320 e. The topological polar surface area (TPSA) is 96.8 Å². The van der Waals surface area contributed by atoms with Gasteiger partial charge in [-0.05, 0) is 49.9 Å². The van der Waals surface area contributed by atoms with E-state index in [-0.39, 0.29) is 6.03 Å². The number of rotatable bonds is 4. The van der Waals surface area contributed by atoms with Crippen molar-refractivity contribution in [2.45, 2.75) is 26.2 Å². The van der Waals surface area contributed by atoms with Crippen molar-refractivity contribution in [3.63, 3.8) is 0 Å². The van der Waals surface area contributed by atoms with Crippen LogP contribution in [-0.2, 0) is 12.8 Å². The zero-order valence-electron chi connectivity index (χ0n) is 18.8. The van der Waals surface area contributed by atoms with Gasteiger partial charge in [0.2, 0.25) is 0 Å². The summed E-state index contributed by atoms with van der Waals surface area (Å²) >= 11 is 1.49. The molecule has 1 aliphatic rings. The van der Waals surface area contributed by atoms with Crippen LogP contribution in [0.4, 0.5) is 15.7 Å². The van der Waals surface area contributed by atoms with Crippen molar-refractivity contribution >= 4 is 28.3 Å². The third-order valence-corrected chi connectivity index (χ3v) is 6.84. The van der Waals surface area contributed by atoms with Crippen molar-refractivity contribution < 1.29 is 4.79 Å². The SMILES string of the molecule is CNC(=O)Nc1nc2c(s1)-c1c(c(-c3ccc(NC)nc3)nn1-c1ccccc1C)CCC2. The Kier molecular flexibility index (Phi) is 5.55. The molecule has 4 aromatic rings. The van der Waals surface area contributed by atoms with E-state index in [9.17, 15) is 4.79 Å². The molecule has 9 heteroatoms. The van der Waals surface area contributed by atoms with Gasteiger partial charge in [0.15, 0.2) is 5.13 Å². The monoisotopic (exact) mass is 459 g/mol. The normalized spacial score (nSPS) is 12.5. The predicted molar refractivity (Wildman–Crippen MR) is 132 cm³/mol. The lowest BCUT2D eigenvalue weighted by Gasteiger charge is -2.10. The fourth-order valence-electron chi connectivity index (χ4n) is 4.16. The highest BCUT2D eigenvalue weighted by atomic mass is 32.1. The summed E-state index contributed by atoms with van der Waals surface area (Å²) in [5.74, 6) is 0.817. The molecule has 0 bridgehead atoms. The van der Waals surface area contributed by atoms with E-state index in [1.54, 1.807) is 7.05 Å². The van der Waals surface area contributed by atoms with Crippen LogP contribution >= 0.6 is 11.3 Å². The number of aromatic nitrogens is 4. The van der Waals surface area contributed by atoms with Crippen LogP contribution in [0.15, 0.2) is 42.6 Å². The van der Waals surface area contributed by atoms with E-state index in [4.69, 9.17) is 10.1 Å². The van der Waals surface area contributed by atoms with Crippen molar-refractivity contribution in [2.24, 2.45) is 0 Å². The summed E-state index contributed by atoms with van der Waals surface area (Å²) in [5.41, 5.74) is 7.31. The number of para-hydroxylation sites is 1. The molecule has 0 unspecified atom stereocenters. The van der Waals surface area contributed by atoms with E-state index in [1.165, 1.54) is 16.9 Å². The van der Waals surface area contributed by atoms with Gasteiger partial charge in [0.05, 0.1) is 27.6 Å². The minimum Gasteiger partial charge on any atom is -0.373 e. The van der Waals surface area contributed by atoms with Gasteiger partial charge in [0, 0.05) is 31.4 Å². The van der Waals surface area contributed by atoms with Crippen molar-refractivity contribution in [1.82, 2.24) is 25.1 Å². The lowest BCUT2D eigenvalue weighted by molar-refractivity contribution is 0.254. The van der Waals surface area contributed by atoms with Crippen LogP contribution in [0.5, 0.6) is 0 Å². The standard InChI is InChI=1S/C24H25N7OS/c1-14-7-4-5-10-18(14)31-21-16(20(30-31)15-11-12-19(25-2)27-13-15)8-6-9-17-22(21)33-24(28-17)29-23(32)26-3/h4-5,7,10-13H,6,8-9H2,1-3H3,(H,25,27)(H2,26,28,29,32). The Bertz CT molecular complexity index is 1320. The summed E-state index contributed by atoms with van der Waals surface area (Å²) < 4.78 is 2.04. The number of amides is 2. The molecule has 5 rings (SSSR count). The number of aryl methyl sites for hydroxylation is 2. The molecule has 1 aromatic carbocycles. The number of fused-ring (bicyclic) bond motifs is 3. The number of carbonyl (C=O) groups excluding carboxylic acids is 1. The summed E-state index contributed by atoms with van der Waals surface area (Å²) in [4.78, 5) is 22.2. The average Bonchev–Trinajstić information content (AvgIpc) is 3.35. The molecular weight excluding hydrogens is 434 g/mol. The quantitative estimate of drug-likeness (QED) is 0.413. The molecule has 0 spiro atoms. The molecule has 8 nitrogen and oxygen atoms in total. The first kappa shape index (κ1) is 21.1. The van der Waals surface area contributed by atoms with Crippen molar-refractivity contribution in [2.75, 3.05) is 24.7 Å². The molecule has 0 aliphatic heterocycles. The molecule has 0 saturated carbocycles. The number of nitrogens with one attached hydrogen (secondary N) is 3. The highest BCUT2D eigenvalue weighted by Crippen LogP contribution is 2.43. The summed E-state index contributed by atoms with van der Waals surface area (Å²) in [6, 6.07) is 12.0. The van der Waals surface area contributed by atoms with Gasteiger partial charge < -0.3 is 10.6 Å². The van der Waals surface area contributed by atoms with Crippen LogP contribution in [0.3, 0.4) is 0 Å².